The molecule has 0 spiro atoms. The molecule has 5 heterocycles. The first-order chi connectivity index (χ1) is 14.0. The summed E-state index contributed by atoms with van der Waals surface area (Å²) in [5.41, 5.74) is 1.70. The fourth-order valence-electron chi connectivity index (χ4n) is 4.65. The number of hydrogen-bond acceptors (Lipinski definition) is 4. The Balaban J connectivity index is 1.47. The topological polar surface area (TPSA) is 60.1 Å². The Morgan fingerprint density at radius 1 is 1.14 bits per heavy atom. The average Bonchev–Trinajstić information content (AvgIpc) is 3.38. The van der Waals surface area contributed by atoms with Gasteiger partial charge in [-0.2, -0.15) is 0 Å². The molecule has 150 valence electrons. The number of carbonyl (C=O) groups is 1. The first kappa shape index (κ1) is 18.4. The SMILES string of the molecule is CC(C)c1sc(-n2cccc2)nc1C(=O)N1C[C@H]2C[C@@H](C1)c1cccc(=O)n1C2. The van der Waals surface area contributed by atoms with E-state index in [9.17, 15) is 9.59 Å². The molecule has 0 aromatic carbocycles. The molecule has 2 aliphatic heterocycles. The Morgan fingerprint density at radius 3 is 2.69 bits per heavy atom. The Labute approximate surface area is 173 Å². The van der Waals surface area contributed by atoms with Crippen molar-refractivity contribution in [2.24, 2.45) is 5.92 Å². The summed E-state index contributed by atoms with van der Waals surface area (Å²) in [4.78, 5) is 33.5. The van der Waals surface area contributed by atoms with Crippen molar-refractivity contribution >= 4 is 17.2 Å². The second kappa shape index (κ2) is 6.99. The zero-order valence-corrected chi connectivity index (χ0v) is 17.4. The van der Waals surface area contributed by atoms with Crippen molar-refractivity contribution in [2.45, 2.75) is 38.6 Å². The molecular weight excluding hydrogens is 384 g/mol. The molecule has 0 N–H and O–H groups in total. The van der Waals surface area contributed by atoms with Gasteiger partial charge in [0.25, 0.3) is 11.5 Å². The molecule has 1 amide bonds. The van der Waals surface area contributed by atoms with Crippen molar-refractivity contribution in [3.8, 4) is 5.13 Å². The van der Waals surface area contributed by atoms with Crippen LogP contribution in [0.5, 0.6) is 0 Å². The van der Waals surface area contributed by atoms with E-state index in [-0.39, 0.29) is 23.3 Å². The molecule has 0 saturated carbocycles. The van der Waals surface area contributed by atoms with Crippen LogP contribution in [0.3, 0.4) is 0 Å². The Morgan fingerprint density at radius 2 is 1.93 bits per heavy atom. The number of carbonyl (C=O) groups excluding carboxylic acids is 1. The van der Waals surface area contributed by atoms with Crippen LogP contribution in [0.4, 0.5) is 0 Å². The predicted octanol–water partition coefficient (Wildman–Crippen LogP) is 3.48. The van der Waals surface area contributed by atoms with Gasteiger partial charge in [0.15, 0.2) is 5.13 Å². The third-order valence-corrected chi connectivity index (χ3v) is 7.33. The number of rotatable bonds is 3. The fraction of sp³-hybridized carbons (Fsp3) is 0.409. The van der Waals surface area contributed by atoms with E-state index in [0.717, 1.165) is 22.1 Å². The number of hydrogen-bond donors (Lipinski definition) is 0. The summed E-state index contributed by atoms with van der Waals surface area (Å²) in [5, 5.41) is 0.830. The summed E-state index contributed by atoms with van der Waals surface area (Å²) in [6.07, 6.45) is 4.95. The highest BCUT2D eigenvalue weighted by atomic mass is 32.1. The summed E-state index contributed by atoms with van der Waals surface area (Å²) in [5.74, 6) is 0.782. The first-order valence-corrected chi connectivity index (χ1v) is 11.0. The van der Waals surface area contributed by atoms with Gasteiger partial charge in [0.05, 0.1) is 0 Å². The standard InChI is InChI=1S/C22H24N4O2S/c1-14(2)20-19(23-22(29-20)24-8-3-4-9-24)21(28)25-11-15-10-16(13-25)17-6-5-7-18(27)26(17)12-15/h3-9,14-16H,10-13H2,1-2H3/t15-,16+/m1/s1. The van der Waals surface area contributed by atoms with Crippen molar-refractivity contribution in [1.82, 2.24) is 19.0 Å². The van der Waals surface area contributed by atoms with E-state index in [1.807, 2.05) is 50.7 Å². The molecule has 3 aromatic heterocycles. The summed E-state index contributed by atoms with van der Waals surface area (Å²) in [7, 11) is 0. The lowest BCUT2D eigenvalue weighted by Gasteiger charge is -2.42. The zero-order valence-electron chi connectivity index (χ0n) is 16.6. The number of amides is 1. The van der Waals surface area contributed by atoms with Gasteiger partial charge in [-0.25, -0.2) is 4.98 Å². The smallest absolute Gasteiger partial charge is 0.273 e. The van der Waals surface area contributed by atoms with Crippen LogP contribution in [0.15, 0.2) is 47.5 Å². The molecule has 2 bridgehead atoms. The van der Waals surface area contributed by atoms with Gasteiger partial charge in [0, 0.05) is 54.6 Å². The minimum atomic E-state index is 0.0183. The van der Waals surface area contributed by atoms with Crippen molar-refractivity contribution in [1.29, 1.82) is 0 Å². The maximum absolute atomic E-state index is 13.5. The van der Waals surface area contributed by atoms with Crippen molar-refractivity contribution in [2.75, 3.05) is 13.1 Å². The number of fused-ring (bicyclic) bond motifs is 4. The van der Waals surface area contributed by atoms with Crippen molar-refractivity contribution < 1.29 is 4.79 Å². The van der Waals surface area contributed by atoms with Crippen LogP contribution in [0.2, 0.25) is 0 Å². The van der Waals surface area contributed by atoms with E-state index in [0.29, 0.717) is 31.2 Å². The van der Waals surface area contributed by atoms with Gasteiger partial charge in [0.1, 0.15) is 5.69 Å². The lowest BCUT2D eigenvalue weighted by Crippen LogP contribution is -2.49. The number of likely N-dealkylation sites (tertiary alicyclic amines) is 1. The first-order valence-electron chi connectivity index (χ1n) is 10.1. The molecule has 0 aliphatic carbocycles. The average molecular weight is 409 g/mol. The van der Waals surface area contributed by atoms with E-state index in [1.165, 1.54) is 0 Å². The van der Waals surface area contributed by atoms with E-state index in [1.54, 1.807) is 17.4 Å². The monoisotopic (exact) mass is 408 g/mol. The molecule has 1 saturated heterocycles. The maximum atomic E-state index is 13.5. The molecule has 0 radical (unpaired) electrons. The van der Waals surface area contributed by atoms with Crippen LogP contribution in [0.1, 0.15) is 53.2 Å². The van der Waals surface area contributed by atoms with Crippen LogP contribution >= 0.6 is 11.3 Å². The third-order valence-electron chi connectivity index (χ3n) is 5.96. The largest absolute Gasteiger partial charge is 0.336 e. The van der Waals surface area contributed by atoms with E-state index in [2.05, 4.69) is 13.8 Å². The van der Waals surface area contributed by atoms with E-state index >= 15 is 0 Å². The van der Waals surface area contributed by atoms with Gasteiger partial charge < -0.3 is 14.0 Å². The van der Waals surface area contributed by atoms with Crippen molar-refractivity contribution in [3.05, 3.63) is 69.3 Å². The van der Waals surface area contributed by atoms with Crippen LogP contribution in [-0.2, 0) is 6.54 Å². The van der Waals surface area contributed by atoms with E-state index in [4.69, 9.17) is 4.98 Å². The van der Waals surface area contributed by atoms with Crippen LogP contribution in [-0.4, -0.2) is 38.0 Å². The minimum absolute atomic E-state index is 0.0183. The molecule has 1 fully saturated rings. The molecule has 29 heavy (non-hydrogen) atoms. The number of aromatic nitrogens is 3. The van der Waals surface area contributed by atoms with Crippen LogP contribution in [0, 0.1) is 5.92 Å². The molecule has 6 nitrogen and oxygen atoms in total. The zero-order chi connectivity index (χ0) is 20.1. The highest BCUT2D eigenvalue weighted by molar-refractivity contribution is 7.14. The number of piperidine rings is 1. The molecular formula is C22H24N4O2S. The Hall–Kier alpha value is -2.67. The molecule has 0 unspecified atom stereocenters. The van der Waals surface area contributed by atoms with Gasteiger partial charge in [0.2, 0.25) is 0 Å². The molecule has 3 aromatic rings. The summed E-state index contributed by atoms with van der Waals surface area (Å²) >= 11 is 1.59. The normalized spacial score (nSPS) is 20.7. The lowest BCUT2D eigenvalue weighted by atomic mass is 9.83. The number of thiazole rings is 1. The predicted molar refractivity (Wildman–Crippen MR) is 113 cm³/mol. The lowest BCUT2D eigenvalue weighted by molar-refractivity contribution is 0.0588. The summed E-state index contributed by atoms with van der Waals surface area (Å²) < 4.78 is 3.86. The quantitative estimate of drug-likeness (QED) is 0.667. The maximum Gasteiger partial charge on any atom is 0.273 e. The minimum Gasteiger partial charge on any atom is -0.336 e. The molecule has 5 rings (SSSR count). The molecule has 2 atom stereocenters. The number of pyridine rings is 1. The highest BCUT2D eigenvalue weighted by Crippen LogP contribution is 2.37. The second-order valence-electron chi connectivity index (χ2n) is 8.36. The number of nitrogens with zero attached hydrogens (tertiary/aromatic N) is 4. The van der Waals surface area contributed by atoms with Gasteiger partial charge in [-0.05, 0) is 36.5 Å². The van der Waals surface area contributed by atoms with Gasteiger partial charge >= 0.3 is 0 Å². The summed E-state index contributed by atoms with van der Waals surface area (Å²) in [6.45, 7) is 6.24. The van der Waals surface area contributed by atoms with Gasteiger partial charge in [-0.15, -0.1) is 11.3 Å². The Bertz CT molecular complexity index is 1110. The second-order valence-corrected chi connectivity index (χ2v) is 9.37. The molecule has 7 heteroatoms. The van der Waals surface area contributed by atoms with Crippen LogP contribution in [0.25, 0.3) is 5.13 Å². The van der Waals surface area contributed by atoms with E-state index < -0.39 is 0 Å². The third kappa shape index (κ3) is 3.13. The highest BCUT2D eigenvalue weighted by Gasteiger charge is 2.37. The van der Waals surface area contributed by atoms with Crippen LogP contribution < -0.4 is 5.56 Å². The fourth-order valence-corrected chi connectivity index (χ4v) is 5.68. The van der Waals surface area contributed by atoms with Crippen molar-refractivity contribution in [3.63, 3.8) is 0 Å². The van der Waals surface area contributed by atoms with Gasteiger partial charge in [-0.3, -0.25) is 9.59 Å². The summed E-state index contributed by atoms with van der Waals surface area (Å²) in [6, 6.07) is 9.41. The molecule has 2 aliphatic rings. The Kier molecular flexibility index (Phi) is 4.42. The van der Waals surface area contributed by atoms with Gasteiger partial charge in [-0.1, -0.05) is 19.9 Å².